The molecular weight excluding hydrogens is 259 g/mol. The fourth-order valence-electron chi connectivity index (χ4n) is 2.22. The summed E-state index contributed by atoms with van der Waals surface area (Å²) in [7, 11) is 1.53. The zero-order valence-corrected chi connectivity index (χ0v) is 12.1. The Balaban J connectivity index is 2.18. The highest BCUT2D eigenvalue weighted by Gasteiger charge is 2.20. The molecule has 0 aliphatic carbocycles. The van der Waals surface area contributed by atoms with Crippen LogP contribution in [0.5, 0.6) is 5.75 Å². The van der Waals surface area contributed by atoms with E-state index >= 15 is 0 Å². The minimum absolute atomic E-state index is 0.122. The van der Waals surface area contributed by atoms with Crippen molar-refractivity contribution in [1.82, 2.24) is 10.3 Å². The minimum atomic E-state index is -0.292. The molecule has 5 heteroatoms. The van der Waals surface area contributed by atoms with Crippen LogP contribution in [0.15, 0.2) is 28.8 Å². The third-order valence-electron chi connectivity index (χ3n) is 3.18. The van der Waals surface area contributed by atoms with E-state index in [1.54, 1.807) is 18.3 Å². The SMILES string of the molecule is COc1cccc(F)c1C(C)NC(C)c1ncc(C)o1. The standard InChI is InChI=1S/C15H19FN2O2/c1-9-8-17-15(20-9)11(3)18-10(2)14-12(16)6-5-7-13(14)19-4/h5-8,10-11,18H,1-4H3. The maximum atomic E-state index is 14.0. The number of oxazole rings is 1. The molecule has 1 aromatic heterocycles. The van der Waals surface area contributed by atoms with Crippen molar-refractivity contribution in [2.75, 3.05) is 7.11 Å². The first kappa shape index (κ1) is 14.5. The Labute approximate surface area is 118 Å². The van der Waals surface area contributed by atoms with Crippen LogP contribution >= 0.6 is 0 Å². The Morgan fingerprint density at radius 1 is 1.30 bits per heavy atom. The molecule has 0 spiro atoms. The number of benzene rings is 1. The highest BCUT2D eigenvalue weighted by atomic mass is 19.1. The van der Waals surface area contributed by atoms with E-state index < -0.39 is 0 Å². The van der Waals surface area contributed by atoms with Crippen molar-refractivity contribution in [3.63, 3.8) is 0 Å². The Bertz CT molecular complexity index is 583. The maximum absolute atomic E-state index is 14.0. The molecule has 1 aromatic carbocycles. The number of nitrogens with zero attached hydrogens (tertiary/aromatic N) is 1. The first-order valence-electron chi connectivity index (χ1n) is 6.53. The lowest BCUT2D eigenvalue weighted by atomic mass is 10.1. The topological polar surface area (TPSA) is 47.3 Å². The molecule has 1 heterocycles. The van der Waals surface area contributed by atoms with Crippen molar-refractivity contribution in [1.29, 1.82) is 0 Å². The van der Waals surface area contributed by atoms with E-state index in [1.165, 1.54) is 13.2 Å². The average molecular weight is 278 g/mol. The highest BCUT2D eigenvalue weighted by Crippen LogP contribution is 2.29. The predicted octanol–water partition coefficient (Wildman–Crippen LogP) is 3.54. The van der Waals surface area contributed by atoms with E-state index in [4.69, 9.17) is 9.15 Å². The molecule has 1 N–H and O–H groups in total. The van der Waals surface area contributed by atoms with Crippen LogP contribution in [0.3, 0.4) is 0 Å². The van der Waals surface area contributed by atoms with Crippen molar-refractivity contribution in [3.05, 3.63) is 47.4 Å². The zero-order valence-electron chi connectivity index (χ0n) is 12.1. The quantitative estimate of drug-likeness (QED) is 0.908. The predicted molar refractivity (Wildman–Crippen MR) is 74.2 cm³/mol. The zero-order chi connectivity index (χ0) is 14.7. The van der Waals surface area contributed by atoms with Gasteiger partial charge in [0.2, 0.25) is 5.89 Å². The van der Waals surface area contributed by atoms with Crippen molar-refractivity contribution in [2.24, 2.45) is 0 Å². The maximum Gasteiger partial charge on any atom is 0.211 e. The molecule has 0 fully saturated rings. The van der Waals surface area contributed by atoms with Crippen LogP contribution in [-0.2, 0) is 0 Å². The van der Waals surface area contributed by atoms with Crippen LogP contribution < -0.4 is 10.1 Å². The summed E-state index contributed by atoms with van der Waals surface area (Å²) in [5.41, 5.74) is 0.505. The van der Waals surface area contributed by atoms with Gasteiger partial charge in [-0.25, -0.2) is 9.37 Å². The van der Waals surface area contributed by atoms with Gasteiger partial charge in [0.15, 0.2) is 0 Å². The molecule has 2 atom stereocenters. The van der Waals surface area contributed by atoms with Crippen LogP contribution in [-0.4, -0.2) is 12.1 Å². The summed E-state index contributed by atoms with van der Waals surface area (Å²) in [5.74, 6) is 1.58. The lowest BCUT2D eigenvalue weighted by Crippen LogP contribution is -2.24. The number of rotatable bonds is 5. The second-order valence-electron chi connectivity index (χ2n) is 4.77. The summed E-state index contributed by atoms with van der Waals surface area (Å²) in [6.45, 7) is 5.65. The third-order valence-corrected chi connectivity index (χ3v) is 3.18. The first-order valence-corrected chi connectivity index (χ1v) is 6.53. The molecule has 4 nitrogen and oxygen atoms in total. The molecule has 0 saturated heterocycles. The summed E-state index contributed by atoms with van der Waals surface area (Å²) in [6.07, 6.45) is 1.67. The number of hydrogen-bond donors (Lipinski definition) is 1. The van der Waals surface area contributed by atoms with Crippen molar-refractivity contribution in [3.8, 4) is 5.75 Å². The second kappa shape index (κ2) is 6.05. The Morgan fingerprint density at radius 2 is 2.05 bits per heavy atom. The summed E-state index contributed by atoms with van der Waals surface area (Å²) < 4.78 is 24.7. The largest absolute Gasteiger partial charge is 0.496 e. The Kier molecular flexibility index (Phi) is 4.39. The molecular formula is C15H19FN2O2. The summed E-state index contributed by atoms with van der Waals surface area (Å²) in [4.78, 5) is 4.17. The van der Waals surface area contributed by atoms with E-state index in [0.717, 1.165) is 5.76 Å². The molecule has 0 radical (unpaired) electrons. The van der Waals surface area contributed by atoms with E-state index in [1.807, 2.05) is 20.8 Å². The lowest BCUT2D eigenvalue weighted by Gasteiger charge is -2.20. The molecule has 0 saturated carbocycles. The molecule has 0 aliphatic heterocycles. The van der Waals surface area contributed by atoms with Gasteiger partial charge in [-0.1, -0.05) is 6.07 Å². The van der Waals surface area contributed by atoms with Crippen LogP contribution in [0.2, 0.25) is 0 Å². The smallest absolute Gasteiger partial charge is 0.211 e. The molecule has 108 valence electrons. The third kappa shape index (κ3) is 2.99. The molecule has 2 rings (SSSR count). The van der Waals surface area contributed by atoms with Gasteiger partial charge in [0.25, 0.3) is 0 Å². The number of aromatic nitrogens is 1. The van der Waals surface area contributed by atoms with Crippen LogP contribution in [0.4, 0.5) is 4.39 Å². The van der Waals surface area contributed by atoms with Gasteiger partial charge in [-0.2, -0.15) is 0 Å². The van der Waals surface area contributed by atoms with Gasteiger partial charge in [0, 0.05) is 11.6 Å². The van der Waals surface area contributed by atoms with Gasteiger partial charge in [0.05, 0.1) is 19.3 Å². The number of methoxy groups -OCH3 is 1. The van der Waals surface area contributed by atoms with E-state index in [-0.39, 0.29) is 17.9 Å². The van der Waals surface area contributed by atoms with Crippen molar-refractivity contribution in [2.45, 2.75) is 32.9 Å². The lowest BCUT2D eigenvalue weighted by molar-refractivity contribution is 0.360. The Morgan fingerprint density at radius 3 is 2.65 bits per heavy atom. The van der Waals surface area contributed by atoms with Gasteiger partial charge < -0.3 is 9.15 Å². The fourth-order valence-corrected chi connectivity index (χ4v) is 2.22. The van der Waals surface area contributed by atoms with Gasteiger partial charge in [-0.05, 0) is 32.9 Å². The van der Waals surface area contributed by atoms with Crippen molar-refractivity contribution < 1.29 is 13.5 Å². The van der Waals surface area contributed by atoms with E-state index in [2.05, 4.69) is 10.3 Å². The van der Waals surface area contributed by atoms with Crippen LogP contribution in [0.1, 0.15) is 43.1 Å². The van der Waals surface area contributed by atoms with Crippen LogP contribution in [0, 0.1) is 12.7 Å². The molecule has 0 aliphatic rings. The van der Waals surface area contributed by atoms with Crippen molar-refractivity contribution >= 4 is 0 Å². The number of nitrogens with one attached hydrogen (secondary N) is 1. The van der Waals surface area contributed by atoms with Gasteiger partial charge in [-0.15, -0.1) is 0 Å². The van der Waals surface area contributed by atoms with E-state index in [9.17, 15) is 4.39 Å². The number of hydrogen-bond acceptors (Lipinski definition) is 4. The summed E-state index contributed by atoms with van der Waals surface area (Å²) >= 11 is 0. The number of aryl methyl sites for hydroxylation is 1. The first-order chi connectivity index (χ1) is 9.52. The fraction of sp³-hybridized carbons (Fsp3) is 0.400. The Hall–Kier alpha value is -1.88. The minimum Gasteiger partial charge on any atom is -0.496 e. The molecule has 20 heavy (non-hydrogen) atoms. The van der Waals surface area contributed by atoms with Crippen LogP contribution in [0.25, 0.3) is 0 Å². The second-order valence-corrected chi connectivity index (χ2v) is 4.77. The summed E-state index contributed by atoms with van der Waals surface area (Å²) in [5, 5.41) is 3.27. The normalized spacial score (nSPS) is 14.1. The monoisotopic (exact) mass is 278 g/mol. The van der Waals surface area contributed by atoms with Gasteiger partial charge in [0.1, 0.15) is 17.3 Å². The highest BCUT2D eigenvalue weighted by molar-refractivity contribution is 5.37. The number of halogens is 1. The summed E-state index contributed by atoms with van der Waals surface area (Å²) in [6, 6.07) is 4.45. The molecule has 2 unspecified atom stereocenters. The molecule has 2 aromatic rings. The number of ether oxygens (including phenoxy) is 1. The average Bonchev–Trinajstić information content (AvgIpc) is 2.84. The molecule has 0 bridgehead atoms. The van der Waals surface area contributed by atoms with E-state index in [0.29, 0.717) is 17.2 Å². The van der Waals surface area contributed by atoms with Gasteiger partial charge >= 0.3 is 0 Å². The van der Waals surface area contributed by atoms with Gasteiger partial charge in [-0.3, -0.25) is 5.32 Å². The molecule has 0 amide bonds.